The molecule has 234 valence electrons. The zero-order chi connectivity index (χ0) is 32.0. The van der Waals surface area contributed by atoms with Gasteiger partial charge in [0.1, 0.15) is 0 Å². The molecule has 0 bridgehead atoms. The van der Waals surface area contributed by atoms with E-state index in [1.54, 1.807) is 36.0 Å². The molecule has 1 aliphatic rings. The molecule has 3 N–H and O–H groups in total. The number of carbonyl (C=O) groups is 2. The third kappa shape index (κ3) is 9.01. The Bertz CT molecular complexity index is 1630. The summed E-state index contributed by atoms with van der Waals surface area (Å²) in [6.07, 6.45) is -0.432. The number of carboxylic acid groups (broad SMARTS) is 1. The smallest absolute Gasteiger partial charge is 0.335 e. The number of halogens is 3. The summed E-state index contributed by atoms with van der Waals surface area (Å²) in [6, 6.07) is 30.1. The molecule has 1 fully saturated rings. The molecule has 1 saturated heterocycles. The van der Waals surface area contributed by atoms with Crippen LogP contribution in [0.25, 0.3) is 11.1 Å². The number of aliphatic hydroxyl groups excluding tert-OH is 1. The Morgan fingerprint density at radius 1 is 0.844 bits per heavy atom. The lowest BCUT2D eigenvalue weighted by atomic mass is 9.99. The number of thioether (sulfide) groups is 1. The average Bonchev–Trinajstić information content (AvgIpc) is 3.06. The fourth-order valence-electron chi connectivity index (χ4n) is 4.91. The van der Waals surface area contributed by atoms with Crippen LogP contribution in [0.2, 0.25) is 0 Å². The van der Waals surface area contributed by atoms with Gasteiger partial charge in [-0.05, 0) is 64.2 Å². The first-order chi connectivity index (χ1) is 21.6. The van der Waals surface area contributed by atoms with Crippen molar-refractivity contribution in [1.29, 1.82) is 0 Å². The number of alkyl halides is 3. The molecule has 0 radical (unpaired) electrons. The highest BCUT2D eigenvalue weighted by Gasteiger charge is 2.33. The maximum atomic E-state index is 12.0. The Hall–Kier alpha value is -3.08. The Labute approximate surface area is 280 Å². The van der Waals surface area contributed by atoms with Crippen LogP contribution in [0.4, 0.5) is 0 Å². The van der Waals surface area contributed by atoms with Gasteiger partial charge in [0, 0.05) is 29.2 Å². The molecule has 45 heavy (non-hydrogen) atoms. The van der Waals surface area contributed by atoms with Gasteiger partial charge in [-0.3, -0.25) is 4.79 Å². The highest BCUT2D eigenvalue weighted by atomic mass is 35.6. The maximum Gasteiger partial charge on any atom is 0.335 e. The fourth-order valence-corrected chi connectivity index (χ4v) is 6.04. The first-order valence-corrected chi connectivity index (χ1v) is 16.2. The van der Waals surface area contributed by atoms with Crippen molar-refractivity contribution in [3.05, 3.63) is 125 Å². The molecule has 0 spiro atoms. The average molecular weight is 687 g/mol. The third-order valence-corrected chi connectivity index (χ3v) is 8.94. The van der Waals surface area contributed by atoms with Crippen molar-refractivity contribution in [3.8, 4) is 11.1 Å². The molecular weight excluding hydrogens is 657 g/mol. The molecule has 11 heteroatoms. The van der Waals surface area contributed by atoms with Crippen molar-refractivity contribution in [3.63, 3.8) is 0 Å². The van der Waals surface area contributed by atoms with Crippen LogP contribution < -0.4 is 5.32 Å². The summed E-state index contributed by atoms with van der Waals surface area (Å²) in [4.78, 5) is 24.2. The number of ether oxygens (including phenoxy) is 2. The van der Waals surface area contributed by atoms with Gasteiger partial charge in [-0.15, -0.1) is 11.8 Å². The number of carboxylic acids is 1. The van der Waals surface area contributed by atoms with Crippen molar-refractivity contribution in [2.24, 2.45) is 0 Å². The topological polar surface area (TPSA) is 105 Å². The summed E-state index contributed by atoms with van der Waals surface area (Å²) in [5, 5.41) is 21.3. The van der Waals surface area contributed by atoms with E-state index in [1.807, 2.05) is 72.8 Å². The van der Waals surface area contributed by atoms with Gasteiger partial charge in [0.15, 0.2) is 6.29 Å². The molecule has 0 saturated carbocycles. The Morgan fingerprint density at radius 3 is 2.20 bits per heavy atom. The van der Waals surface area contributed by atoms with Gasteiger partial charge in [-0.2, -0.15) is 0 Å². The molecule has 3 atom stereocenters. The van der Waals surface area contributed by atoms with Crippen LogP contribution in [0.3, 0.4) is 0 Å². The van der Waals surface area contributed by atoms with Crippen LogP contribution in [0.5, 0.6) is 0 Å². The quantitative estimate of drug-likeness (QED) is 0.115. The number of aromatic carboxylic acids is 1. The van der Waals surface area contributed by atoms with E-state index in [0.29, 0.717) is 12.2 Å². The van der Waals surface area contributed by atoms with Crippen molar-refractivity contribution in [1.82, 2.24) is 5.32 Å². The molecule has 5 rings (SSSR count). The molecule has 0 aromatic heterocycles. The second-order valence-corrected chi connectivity index (χ2v) is 13.9. The molecule has 0 unspecified atom stereocenters. The predicted molar refractivity (Wildman–Crippen MR) is 177 cm³/mol. The van der Waals surface area contributed by atoms with E-state index in [2.05, 4.69) is 5.32 Å². The zero-order valence-electron chi connectivity index (χ0n) is 23.9. The molecule has 7 nitrogen and oxygen atoms in total. The van der Waals surface area contributed by atoms with Gasteiger partial charge in [-0.1, -0.05) is 95.5 Å². The van der Waals surface area contributed by atoms with E-state index in [4.69, 9.17) is 44.3 Å². The summed E-state index contributed by atoms with van der Waals surface area (Å²) < 4.78 is 11.0. The van der Waals surface area contributed by atoms with Crippen molar-refractivity contribution in [2.75, 3.05) is 5.75 Å². The predicted octanol–water partition coefficient (Wildman–Crippen LogP) is 7.87. The van der Waals surface area contributed by atoms with E-state index in [-0.39, 0.29) is 30.9 Å². The van der Waals surface area contributed by atoms with Crippen LogP contribution in [0, 0.1) is 0 Å². The van der Waals surface area contributed by atoms with E-state index in [9.17, 15) is 19.8 Å². The summed E-state index contributed by atoms with van der Waals surface area (Å²) in [7, 11) is 0. The van der Waals surface area contributed by atoms with Crippen LogP contribution in [0.15, 0.2) is 102 Å². The van der Waals surface area contributed by atoms with Crippen LogP contribution in [-0.4, -0.2) is 37.7 Å². The van der Waals surface area contributed by atoms with Gasteiger partial charge in [0.05, 0.1) is 24.4 Å². The number of hydrogen-bond acceptors (Lipinski definition) is 6. The van der Waals surface area contributed by atoms with E-state index in [0.717, 1.165) is 38.3 Å². The Kier molecular flexibility index (Phi) is 11.1. The molecule has 1 heterocycles. The standard InChI is InChI=1S/C34H30Cl3NO6S/c35-34(36,37)33(42)38-18-22-3-1-4-25(15-22)26-5-2-6-27(16-26)32-43-28(20-45-29-13-11-24(12-14-29)31(40)41)17-30(44-32)23-9-7-21(19-39)8-10-23/h1-16,28,30,32,39H,17-20H2,(H,38,42)(H,40,41)/t28-,30+,32+/m0/s1. The Balaban J connectivity index is 1.35. The lowest BCUT2D eigenvalue weighted by Gasteiger charge is -2.36. The monoisotopic (exact) mass is 685 g/mol. The summed E-state index contributed by atoms with van der Waals surface area (Å²) in [6.45, 7) is 0.162. The third-order valence-electron chi connectivity index (χ3n) is 7.28. The molecule has 1 amide bonds. The lowest BCUT2D eigenvalue weighted by molar-refractivity contribution is -0.245. The fraction of sp³-hybridized carbons (Fsp3) is 0.235. The van der Waals surface area contributed by atoms with Crippen LogP contribution in [-0.2, 0) is 27.4 Å². The molecule has 1 aliphatic heterocycles. The van der Waals surface area contributed by atoms with E-state index in [1.165, 1.54) is 0 Å². The van der Waals surface area contributed by atoms with Crippen molar-refractivity contribution < 1.29 is 29.3 Å². The first-order valence-electron chi connectivity index (χ1n) is 14.1. The minimum atomic E-state index is -2.04. The molecule has 4 aromatic rings. The highest BCUT2D eigenvalue weighted by Crippen LogP contribution is 2.40. The number of rotatable bonds is 10. The van der Waals surface area contributed by atoms with Crippen LogP contribution in [0.1, 0.15) is 51.4 Å². The maximum absolute atomic E-state index is 12.0. The summed E-state index contributed by atoms with van der Waals surface area (Å²) in [5.41, 5.74) is 5.61. The normalized spacial score (nSPS) is 18.4. The zero-order valence-corrected chi connectivity index (χ0v) is 27.0. The number of aliphatic hydroxyl groups is 1. The van der Waals surface area contributed by atoms with Gasteiger partial charge in [0.2, 0.25) is 0 Å². The number of carbonyl (C=O) groups excluding carboxylic acids is 1. The van der Waals surface area contributed by atoms with Gasteiger partial charge >= 0.3 is 5.97 Å². The lowest BCUT2D eigenvalue weighted by Crippen LogP contribution is -2.33. The second-order valence-electron chi connectivity index (χ2n) is 10.5. The SMILES string of the molecule is O=C(O)c1ccc(SC[C@@H]2C[C@H](c3ccc(CO)cc3)O[C@H](c3cccc(-c4cccc(CNC(=O)C(Cl)(Cl)Cl)c4)c3)O2)cc1. The van der Waals surface area contributed by atoms with Gasteiger partial charge in [0.25, 0.3) is 9.70 Å². The second kappa shape index (κ2) is 15.0. The number of hydrogen-bond donors (Lipinski definition) is 3. The number of amides is 1. The minimum absolute atomic E-state index is 0.0370. The van der Waals surface area contributed by atoms with Gasteiger partial charge in [-0.25, -0.2) is 4.79 Å². The first kappa shape index (κ1) is 33.3. The van der Waals surface area contributed by atoms with Gasteiger partial charge < -0.3 is 25.0 Å². The van der Waals surface area contributed by atoms with E-state index >= 15 is 0 Å². The number of nitrogens with one attached hydrogen (secondary N) is 1. The largest absolute Gasteiger partial charge is 0.478 e. The Morgan fingerprint density at radius 2 is 1.53 bits per heavy atom. The highest BCUT2D eigenvalue weighted by molar-refractivity contribution is 7.99. The van der Waals surface area contributed by atoms with E-state index < -0.39 is 22.0 Å². The minimum Gasteiger partial charge on any atom is -0.478 e. The van der Waals surface area contributed by atoms with Crippen LogP contribution >= 0.6 is 46.6 Å². The summed E-state index contributed by atoms with van der Waals surface area (Å²) >= 11 is 18.6. The molecule has 4 aromatic carbocycles. The summed E-state index contributed by atoms with van der Waals surface area (Å²) in [5.74, 6) is -1.02. The molecule has 0 aliphatic carbocycles. The van der Waals surface area contributed by atoms with Crippen molar-refractivity contribution in [2.45, 2.75) is 46.8 Å². The number of benzene rings is 4. The molecular formula is C34H30Cl3NO6S. The van der Waals surface area contributed by atoms with Crippen molar-refractivity contribution >= 4 is 58.4 Å².